The van der Waals surface area contributed by atoms with Gasteiger partial charge in [0.15, 0.2) is 0 Å². The second kappa shape index (κ2) is 16.0. The summed E-state index contributed by atoms with van der Waals surface area (Å²) >= 11 is 0. The van der Waals surface area contributed by atoms with Gasteiger partial charge in [-0.05, 0) is 63.9 Å². The van der Waals surface area contributed by atoms with Crippen molar-refractivity contribution in [3.63, 3.8) is 0 Å². The van der Waals surface area contributed by atoms with E-state index in [-0.39, 0.29) is 37.2 Å². The molecule has 0 saturated heterocycles. The molecule has 0 saturated carbocycles. The maximum atomic E-state index is 13.1. The molecule has 2 unspecified atom stereocenters. The fraction of sp³-hybridized carbons (Fsp3) is 0.238. The fourth-order valence-electron chi connectivity index (χ4n) is 6.79. The molecule has 2 aliphatic heterocycles. The summed E-state index contributed by atoms with van der Waals surface area (Å²) in [6.45, 7) is 1.60. The van der Waals surface area contributed by atoms with Crippen LogP contribution in [0, 0.1) is 0 Å². The molecule has 0 aromatic heterocycles. The van der Waals surface area contributed by atoms with Gasteiger partial charge in [-0.1, -0.05) is 121 Å². The Kier molecular flexibility index (Phi) is 11.1. The third kappa shape index (κ3) is 8.50. The maximum Gasteiger partial charge on any atom is 0.416 e. The molecule has 5 nitrogen and oxygen atoms in total. The standard InChI is InChI=1S/C27H25F3N2O2.C15H15N/c28-27(29,30)22-11-6-7-19(17-22)18-31-24(33)13-14-25(34)32-16-15-20-8-4-5-12-23(20)26(32)21-9-2-1-3-10-21;1-2-7-13(8-3-1)15-14-9-5-4-6-12(14)10-11-16-15/h1-12,17,26H,13-16,18H2,(H,31,33);1-9,15-16H,10-11H2. The van der Waals surface area contributed by atoms with Crippen molar-refractivity contribution in [2.45, 2.75) is 50.5 Å². The molecule has 2 N–H and O–H groups in total. The van der Waals surface area contributed by atoms with Gasteiger partial charge in [-0.2, -0.15) is 13.2 Å². The van der Waals surface area contributed by atoms with Gasteiger partial charge in [0.2, 0.25) is 11.8 Å². The lowest BCUT2D eigenvalue weighted by Gasteiger charge is -2.38. The van der Waals surface area contributed by atoms with Crippen LogP contribution in [-0.4, -0.2) is 29.8 Å². The number of benzene rings is 5. The summed E-state index contributed by atoms with van der Waals surface area (Å²) in [6.07, 6.45) is -2.56. The Morgan fingerprint density at radius 3 is 2.02 bits per heavy atom. The van der Waals surface area contributed by atoms with E-state index in [2.05, 4.69) is 71.3 Å². The lowest BCUT2D eigenvalue weighted by Crippen LogP contribution is -2.41. The number of amides is 2. The molecule has 0 aliphatic carbocycles. The van der Waals surface area contributed by atoms with Gasteiger partial charge in [0.25, 0.3) is 0 Å². The van der Waals surface area contributed by atoms with Crippen LogP contribution in [0.3, 0.4) is 0 Å². The first-order valence-corrected chi connectivity index (χ1v) is 17.0. The Hall–Kier alpha value is -5.21. The van der Waals surface area contributed by atoms with E-state index >= 15 is 0 Å². The second-order valence-electron chi connectivity index (χ2n) is 12.6. The van der Waals surface area contributed by atoms with Crippen molar-refractivity contribution in [1.29, 1.82) is 0 Å². The molecule has 0 radical (unpaired) electrons. The van der Waals surface area contributed by atoms with E-state index in [1.165, 1.54) is 34.4 Å². The van der Waals surface area contributed by atoms with Crippen LogP contribution in [0.5, 0.6) is 0 Å². The number of carbonyl (C=O) groups is 2. The van der Waals surface area contributed by atoms with Gasteiger partial charge in [0.1, 0.15) is 0 Å². The van der Waals surface area contributed by atoms with Crippen LogP contribution < -0.4 is 10.6 Å². The predicted molar refractivity (Wildman–Crippen MR) is 189 cm³/mol. The van der Waals surface area contributed by atoms with E-state index in [1.807, 2.05) is 53.4 Å². The molecule has 256 valence electrons. The van der Waals surface area contributed by atoms with Crippen molar-refractivity contribution in [2.24, 2.45) is 0 Å². The monoisotopic (exact) mass is 675 g/mol. The zero-order chi connectivity index (χ0) is 34.9. The maximum absolute atomic E-state index is 13.1. The SMILES string of the molecule is O=C(CCC(=O)N1CCc2ccccc2C1c1ccccc1)NCc1cccc(C(F)(F)F)c1.c1ccc(C2NCCc3ccccc32)cc1. The third-order valence-corrected chi connectivity index (χ3v) is 9.27. The van der Waals surface area contributed by atoms with Gasteiger partial charge in [-0.15, -0.1) is 0 Å². The van der Waals surface area contributed by atoms with Crippen LogP contribution in [0.1, 0.15) is 69.4 Å². The van der Waals surface area contributed by atoms with Gasteiger partial charge in [-0.3, -0.25) is 9.59 Å². The number of hydrogen-bond acceptors (Lipinski definition) is 3. The highest BCUT2D eigenvalue weighted by atomic mass is 19.4. The molecule has 50 heavy (non-hydrogen) atoms. The Balaban J connectivity index is 0.000000223. The molecule has 0 fully saturated rings. The van der Waals surface area contributed by atoms with Gasteiger partial charge >= 0.3 is 6.18 Å². The van der Waals surface area contributed by atoms with Gasteiger partial charge in [0.05, 0.1) is 17.6 Å². The van der Waals surface area contributed by atoms with Crippen LogP contribution in [0.25, 0.3) is 0 Å². The van der Waals surface area contributed by atoms with E-state index in [4.69, 9.17) is 0 Å². The highest BCUT2D eigenvalue weighted by Crippen LogP contribution is 2.36. The van der Waals surface area contributed by atoms with Gasteiger partial charge in [-0.25, -0.2) is 0 Å². The van der Waals surface area contributed by atoms with Crippen LogP contribution >= 0.6 is 0 Å². The van der Waals surface area contributed by atoms with Crippen LogP contribution in [-0.2, 0) is 35.2 Å². The van der Waals surface area contributed by atoms with Crippen LogP contribution in [0.2, 0.25) is 0 Å². The Bertz CT molecular complexity index is 1900. The summed E-state index contributed by atoms with van der Waals surface area (Å²) in [5.41, 5.74) is 7.17. The van der Waals surface area contributed by atoms with Gasteiger partial charge in [0, 0.05) is 32.5 Å². The average Bonchev–Trinajstić information content (AvgIpc) is 3.16. The highest BCUT2D eigenvalue weighted by molar-refractivity contribution is 5.84. The molecule has 7 rings (SSSR count). The number of fused-ring (bicyclic) bond motifs is 2. The summed E-state index contributed by atoms with van der Waals surface area (Å²) in [5, 5.41) is 6.21. The average molecular weight is 676 g/mol. The number of carbonyl (C=O) groups excluding carboxylic acids is 2. The number of hydrogen-bond donors (Lipinski definition) is 2. The minimum Gasteiger partial charge on any atom is -0.352 e. The minimum atomic E-state index is -4.44. The number of rotatable bonds is 7. The summed E-state index contributed by atoms with van der Waals surface area (Å²) in [4.78, 5) is 27.3. The summed E-state index contributed by atoms with van der Waals surface area (Å²) in [7, 11) is 0. The van der Waals surface area contributed by atoms with Crippen molar-refractivity contribution in [2.75, 3.05) is 13.1 Å². The summed E-state index contributed by atoms with van der Waals surface area (Å²) < 4.78 is 38.6. The lowest BCUT2D eigenvalue weighted by atomic mass is 9.88. The van der Waals surface area contributed by atoms with Crippen molar-refractivity contribution >= 4 is 11.8 Å². The fourth-order valence-corrected chi connectivity index (χ4v) is 6.79. The Morgan fingerprint density at radius 2 is 1.32 bits per heavy atom. The molecule has 2 heterocycles. The van der Waals surface area contributed by atoms with Gasteiger partial charge < -0.3 is 15.5 Å². The lowest BCUT2D eigenvalue weighted by molar-refractivity contribution is -0.137. The third-order valence-electron chi connectivity index (χ3n) is 9.27. The van der Waals surface area contributed by atoms with Crippen LogP contribution in [0.4, 0.5) is 13.2 Å². The van der Waals surface area contributed by atoms with Crippen molar-refractivity contribution in [1.82, 2.24) is 15.5 Å². The van der Waals surface area contributed by atoms with Crippen LogP contribution in [0.15, 0.2) is 133 Å². The van der Waals surface area contributed by atoms with Crippen molar-refractivity contribution < 1.29 is 22.8 Å². The number of nitrogens with one attached hydrogen (secondary N) is 2. The normalized spacial score (nSPS) is 16.7. The zero-order valence-electron chi connectivity index (χ0n) is 27.7. The molecule has 8 heteroatoms. The first-order valence-electron chi connectivity index (χ1n) is 17.0. The summed E-state index contributed by atoms with van der Waals surface area (Å²) in [6, 6.07) is 42.3. The molecule has 0 spiro atoms. The van der Waals surface area contributed by atoms with Crippen molar-refractivity contribution in [3.05, 3.63) is 178 Å². The zero-order valence-corrected chi connectivity index (χ0v) is 27.7. The first-order chi connectivity index (χ1) is 24.3. The minimum absolute atomic E-state index is 0.0271. The molecule has 2 atom stereocenters. The predicted octanol–water partition coefficient (Wildman–Crippen LogP) is 8.20. The number of nitrogens with zero attached hydrogens (tertiary/aromatic N) is 1. The Labute approximate surface area is 291 Å². The van der Waals surface area contributed by atoms with E-state index in [1.54, 1.807) is 0 Å². The van der Waals surface area contributed by atoms with Crippen molar-refractivity contribution in [3.8, 4) is 0 Å². The molecule has 5 aromatic rings. The molecular formula is C42H40F3N3O2. The highest BCUT2D eigenvalue weighted by Gasteiger charge is 2.32. The molecule has 2 amide bonds. The molecular weight excluding hydrogens is 635 g/mol. The number of alkyl halides is 3. The quantitative estimate of drug-likeness (QED) is 0.183. The molecule has 5 aromatic carbocycles. The smallest absolute Gasteiger partial charge is 0.352 e. The molecule has 0 bridgehead atoms. The molecule has 2 aliphatic rings. The van der Waals surface area contributed by atoms with E-state index in [9.17, 15) is 22.8 Å². The first kappa shape index (κ1) is 34.6. The van der Waals surface area contributed by atoms with E-state index < -0.39 is 11.7 Å². The van der Waals surface area contributed by atoms with E-state index in [0.717, 1.165) is 42.6 Å². The van der Waals surface area contributed by atoms with E-state index in [0.29, 0.717) is 18.2 Å². The summed E-state index contributed by atoms with van der Waals surface area (Å²) in [5.74, 6) is -0.503. The second-order valence-corrected chi connectivity index (χ2v) is 12.6. The largest absolute Gasteiger partial charge is 0.416 e. The number of halogens is 3. The topological polar surface area (TPSA) is 61.4 Å². The Morgan fingerprint density at radius 1 is 0.700 bits per heavy atom.